The molecule has 2 aromatic rings. The first-order chi connectivity index (χ1) is 13.6. The molecule has 0 N–H and O–H groups in total. The van der Waals surface area contributed by atoms with Gasteiger partial charge in [-0.15, -0.1) is 11.3 Å². The molecule has 28 heavy (non-hydrogen) atoms. The minimum absolute atomic E-state index is 0.0322. The second kappa shape index (κ2) is 9.95. The maximum absolute atomic E-state index is 12.8. The van der Waals surface area contributed by atoms with Crippen LogP contribution in [0.25, 0.3) is 11.3 Å². The standard InChI is InChI=1S/C20H21BrN2O4S/c1-2-4-19(25)27-12-18(24)23(11-16-5-3-10-26-16)20-22-17(13-28-20)14-6-8-15(21)9-7-14/h2,4,6-9,13,16H,3,5,10-12H2,1H3/b4-2+. The number of rotatable bonds is 7. The average molecular weight is 465 g/mol. The van der Waals surface area contributed by atoms with Crippen LogP contribution in [-0.4, -0.2) is 42.7 Å². The van der Waals surface area contributed by atoms with Crippen LogP contribution in [-0.2, 0) is 19.1 Å². The highest BCUT2D eigenvalue weighted by Gasteiger charge is 2.26. The largest absolute Gasteiger partial charge is 0.452 e. The monoisotopic (exact) mass is 464 g/mol. The lowest BCUT2D eigenvalue weighted by molar-refractivity contribution is -0.143. The van der Waals surface area contributed by atoms with Crippen molar-refractivity contribution >= 4 is 44.3 Å². The third-order valence-corrected chi connectivity index (χ3v) is 5.61. The summed E-state index contributed by atoms with van der Waals surface area (Å²) in [6.07, 6.45) is 4.70. The molecule has 1 aromatic carbocycles. The topological polar surface area (TPSA) is 68.7 Å². The lowest BCUT2D eigenvalue weighted by Gasteiger charge is -2.22. The fraction of sp³-hybridized carbons (Fsp3) is 0.350. The van der Waals surface area contributed by atoms with E-state index in [9.17, 15) is 9.59 Å². The third kappa shape index (κ3) is 5.50. The Balaban J connectivity index is 1.77. The van der Waals surface area contributed by atoms with Gasteiger partial charge in [0.2, 0.25) is 0 Å². The lowest BCUT2D eigenvalue weighted by Crippen LogP contribution is -2.40. The number of allylic oxidation sites excluding steroid dienone is 1. The Labute approximate surface area is 176 Å². The Morgan fingerprint density at radius 2 is 2.18 bits per heavy atom. The minimum Gasteiger partial charge on any atom is -0.452 e. The van der Waals surface area contributed by atoms with Gasteiger partial charge in [-0.1, -0.05) is 34.1 Å². The SMILES string of the molecule is C/C=C/C(=O)OCC(=O)N(CC1CCCO1)c1nc(-c2ccc(Br)cc2)cs1. The van der Waals surface area contributed by atoms with Crippen molar-refractivity contribution in [2.24, 2.45) is 0 Å². The van der Waals surface area contributed by atoms with E-state index in [1.165, 1.54) is 17.4 Å². The molecule has 3 rings (SSSR count). The number of amides is 1. The Bertz CT molecular complexity index is 844. The molecule has 1 unspecified atom stereocenters. The highest BCUT2D eigenvalue weighted by molar-refractivity contribution is 9.10. The van der Waals surface area contributed by atoms with E-state index >= 15 is 0 Å². The number of aromatic nitrogens is 1. The second-order valence-corrected chi connectivity index (χ2v) is 8.02. The third-order valence-electron chi connectivity index (χ3n) is 4.21. The number of esters is 1. The predicted octanol–water partition coefficient (Wildman–Crippen LogP) is 4.20. The van der Waals surface area contributed by atoms with Gasteiger partial charge in [0.1, 0.15) is 0 Å². The first-order valence-electron chi connectivity index (χ1n) is 8.99. The number of thiazole rings is 1. The molecule has 1 aliphatic heterocycles. The number of carbonyl (C=O) groups excluding carboxylic acids is 2. The van der Waals surface area contributed by atoms with Gasteiger partial charge in [0.05, 0.1) is 18.3 Å². The van der Waals surface area contributed by atoms with Crippen LogP contribution in [0.1, 0.15) is 19.8 Å². The normalized spacial score (nSPS) is 16.4. The van der Waals surface area contributed by atoms with E-state index in [4.69, 9.17) is 9.47 Å². The summed E-state index contributed by atoms with van der Waals surface area (Å²) in [6, 6.07) is 7.83. The van der Waals surface area contributed by atoms with Crippen LogP contribution in [0, 0.1) is 0 Å². The van der Waals surface area contributed by atoms with Gasteiger partial charge in [-0.25, -0.2) is 9.78 Å². The van der Waals surface area contributed by atoms with Crippen LogP contribution < -0.4 is 4.90 Å². The molecular weight excluding hydrogens is 444 g/mol. The van der Waals surface area contributed by atoms with Gasteiger partial charge in [-0.3, -0.25) is 9.69 Å². The lowest BCUT2D eigenvalue weighted by atomic mass is 10.2. The zero-order chi connectivity index (χ0) is 19.9. The van der Waals surface area contributed by atoms with E-state index in [0.717, 1.165) is 28.6 Å². The molecule has 1 amide bonds. The number of nitrogens with zero attached hydrogens (tertiary/aromatic N) is 2. The van der Waals surface area contributed by atoms with Gasteiger partial charge in [-0.05, 0) is 31.9 Å². The van der Waals surface area contributed by atoms with Gasteiger partial charge < -0.3 is 9.47 Å². The maximum Gasteiger partial charge on any atom is 0.330 e. The van der Waals surface area contributed by atoms with Crippen LogP contribution >= 0.6 is 27.3 Å². The second-order valence-electron chi connectivity index (χ2n) is 6.27. The molecule has 2 heterocycles. The molecule has 1 saturated heterocycles. The number of hydrogen-bond donors (Lipinski definition) is 0. The van der Waals surface area contributed by atoms with E-state index < -0.39 is 5.97 Å². The molecule has 1 aromatic heterocycles. The van der Waals surface area contributed by atoms with Gasteiger partial charge in [-0.2, -0.15) is 0 Å². The summed E-state index contributed by atoms with van der Waals surface area (Å²) < 4.78 is 11.7. The maximum atomic E-state index is 12.8. The van der Waals surface area contributed by atoms with Crippen molar-refractivity contribution in [3.05, 3.63) is 46.3 Å². The van der Waals surface area contributed by atoms with Crippen molar-refractivity contribution in [3.8, 4) is 11.3 Å². The smallest absolute Gasteiger partial charge is 0.330 e. The zero-order valence-electron chi connectivity index (χ0n) is 15.5. The van der Waals surface area contributed by atoms with Crippen molar-refractivity contribution in [1.29, 1.82) is 0 Å². The summed E-state index contributed by atoms with van der Waals surface area (Å²) in [6.45, 7) is 2.48. The van der Waals surface area contributed by atoms with Crippen LogP contribution in [0.2, 0.25) is 0 Å². The molecule has 1 fully saturated rings. The Morgan fingerprint density at radius 1 is 1.39 bits per heavy atom. The van der Waals surface area contributed by atoms with Crippen molar-refractivity contribution in [2.45, 2.75) is 25.9 Å². The number of halogens is 1. The van der Waals surface area contributed by atoms with Crippen LogP contribution in [0.15, 0.2) is 46.3 Å². The van der Waals surface area contributed by atoms with Crippen LogP contribution in [0.5, 0.6) is 0 Å². The number of anilines is 1. The highest BCUT2D eigenvalue weighted by atomic mass is 79.9. The summed E-state index contributed by atoms with van der Waals surface area (Å²) in [5, 5.41) is 2.49. The molecule has 1 aliphatic rings. The summed E-state index contributed by atoms with van der Waals surface area (Å²) >= 11 is 4.81. The molecule has 1 atom stereocenters. The van der Waals surface area contributed by atoms with E-state index in [-0.39, 0.29) is 18.6 Å². The molecule has 0 radical (unpaired) electrons. The molecule has 148 valence electrons. The summed E-state index contributed by atoms with van der Waals surface area (Å²) in [7, 11) is 0. The molecule has 0 bridgehead atoms. The van der Waals surface area contributed by atoms with E-state index in [0.29, 0.717) is 18.3 Å². The van der Waals surface area contributed by atoms with Crippen LogP contribution in [0.4, 0.5) is 5.13 Å². The summed E-state index contributed by atoms with van der Waals surface area (Å²) in [5.41, 5.74) is 1.76. The van der Waals surface area contributed by atoms with E-state index in [1.54, 1.807) is 17.9 Å². The molecule has 0 spiro atoms. The van der Waals surface area contributed by atoms with Gasteiger partial charge in [0, 0.05) is 28.1 Å². The fourth-order valence-corrected chi connectivity index (χ4v) is 3.94. The van der Waals surface area contributed by atoms with Crippen molar-refractivity contribution < 1.29 is 19.1 Å². The van der Waals surface area contributed by atoms with Crippen molar-refractivity contribution in [3.63, 3.8) is 0 Å². The molecule has 8 heteroatoms. The number of ether oxygens (including phenoxy) is 2. The highest BCUT2D eigenvalue weighted by Crippen LogP contribution is 2.29. The molecule has 6 nitrogen and oxygen atoms in total. The number of carbonyl (C=O) groups is 2. The number of benzene rings is 1. The summed E-state index contributed by atoms with van der Waals surface area (Å²) in [5.74, 6) is -0.854. The van der Waals surface area contributed by atoms with Gasteiger partial charge >= 0.3 is 5.97 Å². The van der Waals surface area contributed by atoms with Crippen molar-refractivity contribution in [2.75, 3.05) is 24.7 Å². The Morgan fingerprint density at radius 3 is 2.86 bits per heavy atom. The zero-order valence-corrected chi connectivity index (χ0v) is 17.9. The quantitative estimate of drug-likeness (QED) is 0.453. The first kappa shape index (κ1) is 20.7. The average Bonchev–Trinajstić information content (AvgIpc) is 3.37. The summed E-state index contributed by atoms with van der Waals surface area (Å²) in [4.78, 5) is 30.5. The number of hydrogen-bond acceptors (Lipinski definition) is 6. The molecule has 0 aliphatic carbocycles. The van der Waals surface area contributed by atoms with E-state index in [2.05, 4.69) is 20.9 Å². The Hall–Kier alpha value is -2.03. The van der Waals surface area contributed by atoms with Gasteiger partial charge in [0.15, 0.2) is 11.7 Å². The predicted molar refractivity (Wildman–Crippen MR) is 112 cm³/mol. The molecular formula is C20H21BrN2O4S. The fourth-order valence-electron chi connectivity index (χ4n) is 2.82. The Kier molecular flexibility index (Phi) is 7.36. The van der Waals surface area contributed by atoms with Gasteiger partial charge in [0.25, 0.3) is 5.91 Å². The van der Waals surface area contributed by atoms with Crippen molar-refractivity contribution in [1.82, 2.24) is 4.98 Å². The van der Waals surface area contributed by atoms with Crippen LogP contribution in [0.3, 0.4) is 0 Å². The first-order valence-corrected chi connectivity index (χ1v) is 10.7. The minimum atomic E-state index is -0.539. The molecule has 0 saturated carbocycles. The van der Waals surface area contributed by atoms with E-state index in [1.807, 2.05) is 29.6 Å².